The second-order valence-electron chi connectivity index (χ2n) is 9.85. The van der Waals surface area contributed by atoms with Crippen molar-refractivity contribution in [2.24, 2.45) is 0 Å². The van der Waals surface area contributed by atoms with Crippen molar-refractivity contribution < 1.29 is 30.3 Å². The summed E-state index contributed by atoms with van der Waals surface area (Å²) in [4.78, 5) is 25.2. The molecule has 9 nitrogen and oxygen atoms in total. The Morgan fingerprint density at radius 1 is 1.03 bits per heavy atom. The number of hydrogen-bond donors (Lipinski definition) is 2. The summed E-state index contributed by atoms with van der Waals surface area (Å²) < 4.78 is 38.1. The van der Waals surface area contributed by atoms with Gasteiger partial charge < -0.3 is 20.1 Å². The van der Waals surface area contributed by atoms with Gasteiger partial charge in [-0.15, -0.1) is 0 Å². The summed E-state index contributed by atoms with van der Waals surface area (Å²) in [7, 11) is -3.77. The van der Waals surface area contributed by atoms with Crippen LogP contribution in [0.2, 0.25) is 0 Å². The van der Waals surface area contributed by atoms with Crippen molar-refractivity contribution in [3.63, 3.8) is 0 Å². The summed E-state index contributed by atoms with van der Waals surface area (Å²) in [6.07, 6.45) is 1.51. The van der Waals surface area contributed by atoms with Crippen molar-refractivity contribution in [3.8, 4) is 22.6 Å². The Kier molecular flexibility index (Phi) is 5.88. The molecule has 0 aromatic heterocycles. The molecule has 2 aliphatic heterocycles. The Morgan fingerprint density at radius 3 is 2.53 bits per heavy atom. The lowest BCUT2D eigenvalue weighted by Crippen LogP contribution is -2.49. The number of nitrogens with zero attached hydrogens (tertiary/aromatic N) is 1. The van der Waals surface area contributed by atoms with Gasteiger partial charge in [-0.3, -0.25) is 9.59 Å². The first kappa shape index (κ1) is 24.4. The molecule has 1 aliphatic carbocycles. The van der Waals surface area contributed by atoms with Crippen LogP contribution in [0.1, 0.15) is 26.8 Å². The molecule has 0 bridgehead atoms. The van der Waals surface area contributed by atoms with Crippen molar-refractivity contribution >= 4 is 27.5 Å². The number of ether oxygens (including phenoxy) is 2. The second-order valence-corrected chi connectivity index (χ2v) is 11.8. The minimum absolute atomic E-state index is 0. The van der Waals surface area contributed by atoms with Gasteiger partial charge in [-0.2, -0.15) is 4.31 Å². The molecule has 2 N–H and O–H groups in total. The summed E-state index contributed by atoms with van der Waals surface area (Å²) >= 11 is 0. The number of rotatable bonds is 6. The quantitative estimate of drug-likeness (QED) is 0.496. The summed E-state index contributed by atoms with van der Waals surface area (Å²) in [6.45, 7) is 2.51. The Hall–Kier alpha value is -3.89. The highest BCUT2D eigenvalue weighted by atomic mass is 32.2. The van der Waals surface area contributed by atoms with Crippen LogP contribution in [0.25, 0.3) is 11.1 Å². The van der Waals surface area contributed by atoms with Crippen LogP contribution < -0.4 is 20.1 Å². The molecular weight excluding hydrogens is 506 g/mol. The molecule has 1 saturated heterocycles. The summed E-state index contributed by atoms with van der Waals surface area (Å²) in [6, 6.07) is 18.0. The molecule has 0 atom stereocenters. The first-order valence-electron chi connectivity index (χ1n) is 12.5. The van der Waals surface area contributed by atoms with E-state index in [0.29, 0.717) is 23.7 Å². The van der Waals surface area contributed by atoms with Gasteiger partial charge in [0.25, 0.3) is 0 Å². The maximum Gasteiger partial charge on any atom is 0.243 e. The predicted octanol–water partition coefficient (Wildman–Crippen LogP) is 3.67. The van der Waals surface area contributed by atoms with Crippen molar-refractivity contribution in [2.45, 2.75) is 30.1 Å². The molecule has 200 valence electrons. The molecule has 2 fully saturated rings. The number of anilines is 1. The number of hydrogen-bond acceptors (Lipinski definition) is 6. The van der Waals surface area contributed by atoms with Gasteiger partial charge in [0.2, 0.25) is 28.6 Å². The second kappa shape index (κ2) is 9.14. The maximum atomic E-state index is 13.4. The topological polar surface area (TPSA) is 114 Å². The highest BCUT2D eigenvalue weighted by Crippen LogP contribution is 2.51. The number of amides is 2. The third-order valence-corrected chi connectivity index (χ3v) is 9.27. The summed E-state index contributed by atoms with van der Waals surface area (Å²) in [5.41, 5.74) is 3.69. The minimum Gasteiger partial charge on any atom is -0.454 e. The fourth-order valence-electron chi connectivity index (χ4n) is 5.00. The average Bonchev–Trinajstić information content (AvgIpc) is 3.60. The number of nitrogens with one attached hydrogen (secondary N) is 2. The van der Waals surface area contributed by atoms with Gasteiger partial charge in [0.1, 0.15) is 0 Å². The van der Waals surface area contributed by atoms with Crippen LogP contribution in [0, 0.1) is 6.92 Å². The fourth-order valence-corrected chi connectivity index (χ4v) is 6.40. The van der Waals surface area contributed by atoms with Gasteiger partial charge in [0.05, 0.1) is 16.9 Å². The van der Waals surface area contributed by atoms with E-state index in [1.54, 1.807) is 24.3 Å². The molecule has 3 aliphatic rings. The zero-order chi connectivity index (χ0) is 26.5. The number of carbonyl (C=O) groups excluding carboxylic acids is 2. The van der Waals surface area contributed by atoms with Crippen LogP contribution in [-0.4, -0.2) is 51.0 Å². The van der Waals surface area contributed by atoms with Crippen LogP contribution in [0.5, 0.6) is 11.5 Å². The minimum atomic E-state index is -3.77. The molecule has 0 unspecified atom stereocenters. The Bertz CT molecular complexity index is 1560. The van der Waals surface area contributed by atoms with Gasteiger partial charge in [0, 0.05) is 21.6 Å². The van der Waals surface area contributed by atoms with E-state index in [2.05, 4.69) is 10.6 Å². The normalized spacial score (nSPS) is 18.1. The standard InChI is InChI=1S/C28H27N3O6S.2H2/c1-18-2-6-21(30-27(33)28(10-11-28)20-5-9-24-25(14-20)37-17-36-24)15-23(18)19-3-7-22(8-4-19)38(34,35)31-13-12-29-26(32)16-31;;/h2-9,14-15H,10-13,16-17H2,1H3,(H,29,32)(H,30,33);2*1H. The third kappa shape index (κ3) is 4.29. The van der Waals surface area contributed by atoms with Gasteiger partial charge in [-0.25, -0.2) is 8.42 Å². The van der Waals surface area contributed by atoms with E-state index in [-0.39, 0.29) is 39.4 Å². The van der Waals surface area contributed by atoms with E-state index in [1.807, 2.05) is 43.3 Å². The molecule has 0 spiro atoms. The first-order valence-corrected chi connectivity index (χ1v) is 13.9. The monoisotopic (exact) mass is 537 g/mol. The van der Waals surface area contributed by atoms with E-state index in [9.17, 15) is 18.0 Å². The molecule has 3 aromatic rings. The van der Waals surface area contributed by atoms with Gasteiger partial charge in [-0.05, 0) is 78.4 Å². The van der Waals surface area contributed by atoms with Crippen LogP contribution >= 0.6 is 0 Å². The molecule has 10 heteroatoms. The van der Waals surface area contributed by atoms with Crippen molar-refractivity contribution in [1.82, 2.24) is 9.62 Å². The molecule has 1 saturated carbocycles. The van der Waals surface area contributed by atoms with Crippen LogP contribution in [0.3, 0.4) is 0 Å². The van der Waals surface area contributed by atoms with Crippen molar-refractivity contribution in [3.05, 3.63) is 71.8 Å². The third-order valence-electron chi connectivity index (χ3n) is 7.41. The fraction of sp³-hybridized carbons (Fsp3) is 0.286. The predicted molar refractivity (Wildman–Crippen MR) is 145 cm³/mol. The number of piperazine rings is 1. The lowest BCUT2D eigenvalue weighted by Gasteiger charge is -2.26. The van der Waals surface area contributed by atoms with Crippen LogP contribution in [0.4, 0.5) is 5.69 Å². The molecule has 3 aromatic carbocycles. The molecule has 0 radical (unpaired) electrons. The lowest BCUT2D eigenvalue weighted by atomic mass is 9.94. The first-order chi connectivity index (χ1) is 18.3. The van der Waals surface area contributed by atoms with Gasteiger partial charge in [0.15, 0.2) is 11.5 Å². The molecule has 2 amide bonds. The lowest BCUT2D eigenvalue weighted by molar-refractivity contribution is -0.122. The maximum absolute atomic E-state index is 13.4. The molecular formula is C28H31N3O6S. The zero-order valence-electron chi connectivity index (χ0n) is 20.8. The average molecular weight is 538 g/mol. The highest BCUT2D eigenvalue weighted by molar-refractivity contribution is 7.89. The number of benzene rings is 3. The van der Waals surface area contributed by atoms with Crippen LogP contribution in [-0.2, 0) is 25.0 Å². The highest BCUT2D eigenvalue weighted by Gasteiger charge is 2.51. The van der Waals surface area contributed by atoms with Gasteiger partial charge in [-0.1, -0.05) is 24.3 Å². The molecule has 6 rings (SSSR count). The Morgan fingerprint density at radius 2 is 1.79 bits per heavy atom. The summed E-state index contributed by atoms with van der Waals surface area (Å²) in [5.74, 6) is 0.970. The van der Waals surface area contributed by atoms with Crippen molar-refractivity contribution in [2.75, 3.05) is 31.7 Å². The number of carbonyl (C=O) groups is 2. The van der Waals surface area contributed by atoms with E-state index in [1.165, 1.54) is 4.31 Å². The molecule has 2 heterocycles. The Balaban J connectivity index is 0.00000185. The zero-order valence-corrected chi connectivity index (χ0v) is 21.6. The van der Waals surface area contributed by atoms with E-state index >= 15 is 0 Å². The van der Waals surface area contributed by atoms with E-state index in [0.717, 1.165) is 35.1 Å². The van der Waals surface area contributed by atoms with Crippen LogP contribution in [0.15, 0.2) is 65.6 Å². The smallest absolute Gasteiger partial charge is 0.243 e. The summed E-state index contributed by atoms with van der Waals surface area (Å²) in [5, 5.41) is 5.72. The van der Waals surface area contributed by atoms with Gasteiger partial charge >= 0.3 is 0 Å². The van der Waals surface area contributed by atoms with Crippen molar-refractivity contribution in [1.29, 1.82) is 0 Å². The SMILES string of the molecule is Cc1ccc(NC(=O)C2(c3ccc4c(c3)OCO4)CC2)cc1-c1ccc(S(=O)(=O)N2CCNC(=O)C2)cc1.[HH].[HH]. The largest absolute Gasteiger partial charge is 0.454 e. The van der Waals surface area contributed by atoms with E-state index in [4.69, 9.17) is 9.47 Å². The Labute approximate surface area is 223 Å². The number of sulfonamides is 1. The van der Waals surface area contributed by atoms with E-state index < -0.39 is 15.4 Å². The number of aryl methyl sites for hydroxylation is 1. The molecule has 38 heavy (non-hydrogen) atoms. The number of fused-ring (bicyclic) bond motifs is 1.